The third kappa shape index (κ3) is 5.11. The zero-order valence-corrected chi connectivity index (χ0v) is 18.3. The maximum Gasteiger partial charge on any atom is 0.338 e. The lowest BCUT2D eigenvalue weighted by atomic mass is 9.99. The Balaban J connectivity index is 1.33. The van der Waals surface area contributed by atoms with Crippen molar-refractivity contribution < 1.29 is 38.3 Å². The molecule has 2 aromatic rings. The number of esters is 1. The predicted octanol–water partition coefficient (Wildman–Crippen LogP) is 2.67. The molecule has 172 valence electrons. The number of ether oxygens (including phenoxy) is 6. The van der Waals surface area contributed by atoms with Gasteiger partial charge in [0.05, 0.1) is 5.56 Å². The normalized spacial score (nSPS) is 28.7. The molecule has 2 aromatic carbocycles. The summed E-state index contributed by atoms with van der Waals surface area (Å²) in [6, 6.07) is 16.5. The van der Waals surface area contributed by atoms with Gasteiger partial charge < -0.3 is 33.5 Å². The van der Waals surface area contributed by atoms with Crippen LogP contribution in [0, 0.1) is 0 Å². The maximum absolute atomic E-state index is 12.5. The molecular weight excluding hydrogens is 416 g/mol. The van der Waals surface area contributed by atoms with Gasteiger partial charge >= 0.3 is 5.97 Å². The van der Waals surface area contributed by atoms with Gasteiger partial charge in [-0.15, -0.1) is 0 Å². The average Bonchev–Trinajstić information content (AvgIpc) is 3.12. The third-order valence-corrected chi connectivity index (χ3v) is 5.44. The van der Waals surface area contributed by atoms with Crippen LogP contribution in [0.3, 0.4) is 0 Å². The van der Waals surface area contributed by atoms with Crippen molar-refractivity contribution in [1.29, 1.82) is 0 Å². The molecule has 2 saturated heterocycles. The van der Waals surface area contributed by atoms with E-state index >= 15 is 0 Å². The molecule has 0 saturated carbocycles. The van der Waals surface area contributed by atoms with E-state index in [1.807, 2.05) is 30.3 Å². The molecule has 5 atom stereocenters. The summed E-state index contributed by atoms with van der Waals surface area (Å²) < 4.78 is 33.9. The fourth-order valence-corrected chi connectivity index (χ4v) is 3.91. The topological polar surface area (TPSA) is 92.7 Å². The summed E-state index contributed by atoms with van der Waals surface area (Å²) in [5.41, 5.74) is 1.43. The van der Waals surface area contributed by atoms with E-state index in [0.29, 0.717) is 17.9 Å². The predicted molar refractivity (Wildman–Crippen MR) is 113 cm³/mol. The average molecular weight is 444 g/mol. The molecule has 2 aliphatic heterocycles. The van der Waals surface area contributed by atoms with Gasteiger partial charge in [0.25, 0.3) is 0 Å². The van der Waals surface area contributed by atoms with Crippen molar-refractivity contribution >= 4 is 5.97 Å². The van der Waals surface area contributed by atoms with E-state index in [1.165, 1.54) is 7.11 Å². The van der Waals surface area contributed by atoms with Crippen molar-refractivity contribution in [2.45, 2.75) is 56.9 Å². The van der Waals surface area contributed by atoms with Gasteiger partial charge in [0.2, 0.25) is 0 Å². The van der Waals surface area contributed by atoms with Crippen LogP contribution >= 0.6 is 0 Å². The number of benzene rings is 2. The minimum absolute atomic E-state index is 0.0980. The van der Waals surface area contributed by atoms with Crippen LogP contribution in [0.2, 0.25) is 0 Å². The van der Waals surface area contributed by atoms with Gasteiger partial charge in [0.15, 0.2) is 12.1 Å². The molecule has 2 heterocycles. The van der Waals surface area contributed by atoms with Crippen LogP contribution in [0.4, 0.5) is 0 Å². The smallest absolute Gasteiger partial charge is 0.338 e. The minimum atomic E-state index is -1.22. The second-order valence-electron chi connectivity index (χ2n) is 8.23. The number of carbonyl (C=O) groups is 1. The Morgan fingerprint density at radius 3 is 2.41 bits per heavy atom. The minimum Gasteiger partial charge on any atom is -0.489 e. The number of rotatable bonds is 7. The van der Waals surface area contributed by atoms with Crippen molar-refractivity contribution in [1.82, 2.24) is 0 Å². The second kappa shape index (κ2) is 9.56. The molecule has 0 unspecified atom stereocenters. The first-order chi connectivity index (χ1) is 15.4. The summed E-state index contributed by atoms with van der Waals surface area (Å²) in [5.74, 6) is -0.727. The van der Waals surface area contributed by atoms with Crippen LogP contribution in [0.15, 0.2) is 54.6 Å². The first-order valence-electron chi connectivity index (χ1n) is 10.5. The maximum atomic E-state index is 12.5. The molecule has 0 spiro atoms. The highest BCUT2D eigenvalue weighted by Crippen LogP contribution is 2.38. The first kappa shape index (κ1) is 22.7. The van der Waals surface area contributed by atoms with Crippen LogP contribution in [0.25, 0.3) is 0 Å². The standard InChI is InChI=1S/C24H28O8/c1-24(2)31-19-18(30-23(26)21(27-3)20(19)32-24)14-29-22(25)16-9-11-17(12-10-16)28-13-15-7-5-4-6-8-15/h4-12,18-21,23,26H,13-14H2,1-3H3/t18-,19+,20+,21-,23-/m1/s1. The Labute approximate surface area is 186 Å². The molecule has 0 amide bonds. The molecule has 32 heavy (non-hydrogen) atoms. The van der Waals surface area contributed by atoms with E-state index in [1.54, 1.807) is 38.1 Å². The SMILES string of the molecule is CO[C@@H]1[C@H]2OC(C)(C)O[C@H]2[C@@H](COC(=O)c2ccc(OCc3ccccc3)cc2)O[C@H]1O. The fourth-order valence-electron chi connectivity index (χ4n) is 3.91. The first-order valence-corrected chi connectivity index (χ1v) is 10.5. The van der Waals surface area contributed by atoms with Crippen LogP contribution in [-0.4, -0.2) is 61.3 Å². The number of carbonyl (C=O) groups excluding carboxylic acids is 1. The highest BCUT2D eigenvalue weighted by atomic mass is 16.8. The van der Waals surface area contributed by atoms with Crippen molar-refractivity contribution in [2.24, 2.45) is 0 Å². The summed E-state index contributed by atoms with van der Waals surface area (Å²) in [7, 11) is 1.47. The highest BCUT2D eigenvalue weighted by molar-refractivity contribution is 5.89. The Hall–Kier alpha value is -2.49. The molecule has 4 rings (SSSR count). The number of hydrogen-bond donors (Lipinski definition) is 1. The van der Waals surface area contributed by atoms with Gasteiger partial charge in [0, 0.05) is 7.11 Å². The number of methoxy groups -OCH3 is 1. The van der Waals surface area contributed by atoms with Gasteiger partial charge in [-0.1, -0.05) is 30.3 Å². The Bertz CT molecular complexity index is 898. The van der Waals surface area contributed by atoms with Gasteiger partial charge in [-0.3, -0.25) is 0 Å². The van der Waals surface area contributed by atoms with E-state index in [2.05, 4.69) is 0 Å². The largest absolute Gasteiger partial charge is 0.489 e. The van der Waals surface area contributed by atoms with E-state index in [4.69, 9.17) is 28.4 Å². The number of aliphatic hydroxyl groups is 1. The molecule has 1 N–H and O–H groups in total. The quantitative estimate of drug-likeness (QED) is 0.652. The van der Waals surface area contributed by atoms with Crippen molar-refractivity contribution in [3.63, 3.8) is 0 Å². The summed E-state index contributed by atoms with van der Waals surface area (Å²) in [6.45, 7) is 3.89. The number of aliphatic hydroxyl groups excluding tert-OH is 1. The summed E-state index contributed by atoms with van der Waals surface area (Å²) in [6.07, 6.45) is -3.69. The van der Waals surface area contributed by atoms with Crippen LogP contribution < -0.4 is 4.74 Å². The molecule has 0 bridgehead atoms. The molecule has 2 aliphatic rings. The zero-order chi connectivity index (χ0) is 22.7. The lowest BCUT2D eigenvalue weighted by molar-refractivity contribution is -0.270. The molecule has 0 aromatic heterocycles. The van der Waals surface area contributed by atoms with Gasteiger partial charge in [-0.2, -0.15) is 0 Å². The molecule has 8 heteroatoms. The molecule has 8 nitrogen and oxygen atoms in total. The summed E-state index contributed by atoms with van der Waals surface area (Å²) in [5, 5.41) is 10.3. The second-order valence-corrected chi connectivity index (χ2v) is 8.23. The van der Waals surface area contributed by atoms with Crippen molar-refractivity contribution in [3.05, 3.63) is 65.7 Å². The summed E-state index contributed by atoms with van der Waals surface area (Å²) >= 11 is 0. The highest BCUT2D eigenvalue weighted by Gasteiger charge is 2.55. The van der Waals surface area contributed by atoms with Crippen LogP contribution in [0.1, 0.15) is 29.8 Å². The monoisotopic (exact) mass is 444 g/mol. The zero-order valence-electron chi connectivity index (χ0n) is 18.3. The summed E-state index contributed by atoms with van der Waals surface area (Å²) in [4.78, 5) is 12.5. The van der Waals surface area contributed by atoms with E-state index in [9.17, 15) is 9.90 Å². The van der Waals surface area contributed by atoms with Gasteiger partial charge in [-0.25, -0.2) is 4.79 Å². The molecule has 0 aliphatic carbocycles. The molecular formula is C24H28O8. The molecule has 0 radical (unpaired) electrons. The Morgan fingerprint density at radius 1 is 1.03 bits per heavy atom. The van der Waals surface area contributed by atoms with Crippen molar-refractivity contribution in [3.8, 4) is 5.75 Å². The lowest BCUT2D eigenvalue weighted by Gasteiger charge is -2.39. The van der Waals surface area contributed by atoms with Crippen molar-refractivity contribution in [2.75, 3.05) is 13.7 Å². The Kier molecular flexibility index (Phi) is 6.78. The van der Waals surface area contributed by atoms with Crippen LogP contribution in [0.5, 0.6) is 5.75 Å². The van der Waals surface area contributed by atoms with Gasteiger partial charge in [-0.05, 0) is 43.7 Å². The van der Waals surface area contributed by atoms with E-state index in [0.717, 1.165) is 5.56 Å². The number of hydrogen-bond acceptors (Lipinski definition) is 8. The third-order valence-electron chi connectivity index (χ3n) is 5.44. The van der Waals surface area contributed by atoms with Crippen LogP contribution in [-0.2, 0) is 30.3 Å². The van der Waals surface area contributed by atoms with Gasteiger partial charge in [0.1, 0.15) is 43.4 Å². The van der Waals surface area contributed by atoms with E-state index < -0.39 is 42.5 Å². The number of fused-ring (bicyclic) bond motifs is 1. The van der Waals surface area contributed by atoms with E-state index in [-0.39, 0.29) is 6.61 Å². The Morgan fingerprint density at radius 2 is 1.72 bits per heavy atom. The lowest BCUT2D eigenvalue weighted by Crippen LogP contribution is -2.58. The fraction of sp³-hybridized carbons (Fsp3) is 0.458. The molecule has 2 fully saturated rings.